The molecule has 57 heavy (non-hydrogen) atoms. The Hall–Kier alpha value is -5.26. The Bertz CT molecular complexity index is 2140. The summed E-state index contributed by atoms with van der Waals surface area (Å²) in [7, 11) is 1.48. The number of aliphatic hydroxyl groups is 1. The van der Waals surface area contributed by atoms with Crippen LogP contribution < -0.4 is 32.6 Å². The summed E-state index contributed by atoms with van der Waals surface area (Å²) in [6, 6.07) is 2.04. The van der Waals surface area contributed by atoms with Gasteiger partial charge in [-0.15, -0.1) is 0 Å². The predicted molar refractivity (Wildman–Crippen MR) is 207 cm³/mol. The quantitative estimate of drug-likeness (QED) is 0.0509. The van der Waals surface area contributed by atoms with E-state index in [-0.39, 0.29) is 67.7 Å². The Labute approximate surface area is 329 Å². The molecular formula is C40H52FN7O9. The van der Waals surface area contributed by atoms with E-state index in [2.05, 4.69) is 21.3 Å². The molecule has 2 aromatic heterocycles. The van der Waals surface area contributed by atoms with Crippen molar-refractivity contribution in [1.29, 1.82) is 0 Å². The van der Waals surface area contributed by atoms with Crippen molar-refractivity contribution in [3.63, 3.8) is 0 Å². The van der Waals surface area contributed by atoms with E-state index in [0.717, 1.165) is 16.5 Å². The molecule has 7 N–H and O–H groups in total. The summed E-state index contributed by atoms with van der Waals surface area (Å²) in [4.78, 5) is 80.6. The second-order valence-electron chi connectivity index (χ2n) is 15.0. The van der Waals surface area contributed by atoms with Gasteiger partial charge in [-0.1, -0.05) is 20.8 Å². The van der Waals surface area contributed by atoms with Gasteiger partial charge in [0.1, 0.15) is 31.2 Å². The maximum atomic E-state index is 15.3. The number of pyridine rings is 2. The molecule has 0 saturated heterocycles. The summed E-state index contributed by atoms with van der Waals surface area (Å²) in [5.74, 6) is -3.42. The van der Waals surface area contributed by atoms with Gasteiger partial charge in [-0.3, -0.25) is 24.0 Å². The summed E-state index contributed by atoms with van der Waals surface area (Å²) >= 11 is 0. The Kier molecular flexibility index (Phi) is 13.5. The summed E-state index contributed by atoms with van der Waals surface area (Å²) in [6.45, 7) is 8.51. The number of cyclic esters (lactones) is 1. The maximum absolute atomic E-state index is 15.3. The van der Waals surface area contributed by atoms with Crippen LogP contribution >= 0.6 is 0 Å². The number of amides is 4. The van der Waals surface area contributed by atoms with Gasteiger partial charge in [-0.2, -0.15) is 0 Å². The van der Waals surface area contributed by atoms with E-state index in [1.807, 2.05) is 6.07 Å². The highest BCUT2D eigenvalue weighted by Gasteiger charge is 2.45. The Morgan fingerprint density at radius 3 is 2.51 bits per heavy atom. The molecule has 0 spiro atoms. The molecule has 16 nitrogen and oxygen atoms in total. The molecule has 5 rings (SSSR count). The van der Waals surface area contributed by atoms with Crippen molar-refractivity contribution < 1.29 is 42.9 Å². The molecule has 308 valence electrons. The number of esters is 1. The highest BCUT2D eigenvalue weighted by atomic mass is 19.1. The SMILES string of the molecule is CC[C@@]1(O)C(=O)OCc2c1cc1n(c2=O)Cc2cc3c(CCCCOCNC(=O)[C@H](C)NC(=O)[C@@H](NC(=O)[C@@H](N)CCC(=O)NC)C(C)C)c(C)c(F)cc3nc2-1. The lowest BCUT2D eigenvalue weighted by Crippen LogP contribution is -2.56. The van der Waals surface area contributed by atoms with Gasteiger partial charge in [-0.25, -0.2) is 14.2 Å². The van der Waals surface area contributed by atoms with Crippen LogP contribution in [0.3, 0.4) is 0 Å². The molecule has 2 aliphatic heterocycles. The molecule has 2 aliphatic rings. The molecule has 3 aromatic rings. The van der Waals surface area contributed by atoms with Gasteiger partial charge >= 0.3 is 5.97 Å². The van der Waals surface area contributed by atoms with Gasteiger partial charge in [0.15, 0.2) is 5.60 Å². The monoisotopic (exact) mass is 793 g/mol. The highest BCUT2D eigenvalue weighted by molar-refractivity contribution is 5.93. The van der Waals surface area contributed by atoms with Crippen LogP contribution in [0.15, 0.2) is 23.0 Å². The minimum Gasteiger partial charge on any atom is -0.458 e. The second-order valence-corrected chi connectivity index (χ2v) is 15.0. The molecular weight excluding hydrogens is 741 g/mol. The van der Waals surface area contributed by atoms with Crippen LogP contribution in [-0.2, 0) is 58.6 Å². The first-order chi connectivity index (χ1) is 27.0. The summed E-state index contributed by atoms with van der Waals surface area (Å²) in [5.41, 5.74) is 7.39. The lowest BCUT2D eigenvalue weighted by molar-refractivity contribution is -0.172. The topological polar surface area (TPSA) is 233 Å². The number of nitrogens with one attached hydrogen (secondary N) is 4. The van der Waals surface area contributed by atoms with Crippen LogP contribution in [0.4, 0.5) is 4.39 Å². The van der Waals surface area contributed by atoms with Crippen LogP contribution in [0, 0.1) is 18.7 Å². The van der Waals surface area contributed by atoms with Crippen molar-refractivity contribution in [3.8, 4) is 11.4 Å². The molecule has 1 aromatic carbocycles. The number of halogens is 1. The highest BCUT2D eigenvalue weighted by Crippen LogP contribution is 2.39. The van der Waals surface area contributed by atoms with Crippen molar-refractivity contribution in [1.82, 2.24) is 30.8 Å². The van der Waals surface area contributed by atoms with E-state index >= 15 is 4.39 Å². The minimum absolute atomic E-state index is 0.0237. The van der Waals surface area contributed by atoms with Gasteiger partial charge in [0.2, 0.25) is 23.6 Å². The first-order valence-electron chi connectivity index (χ1n) is 19.2. The molecule has 4 heterocycles. The number of nitrogens with zero attached hydrogens (tertiary/aromatic N) is 2. The lowest BCUT2D eigenvalue weighted by Gasteiger charge is -2.31. The molecule has 17 heteroatoms. The van der Waals surface area contributed by atoms with Crippen LogP contribution in [-0.4, -0.2) is 82.8 Å². The van der Waals surface area contributed by atoms with Gasteiger partial charge in [0.25, 0.3) is 5.56 Å². The number of ether oxygens (including phenoxy) is 2. The van der Waals surface area contributed by atoms with Crippen molar-refractivity contribution in [2.24, 2.45) is 11.7 Å². The Morgan fingerprint density at radius 2 is 1.82 bits per heavy atom. The number of benzene rings is 1. The lowest BCUT2D eigenvalue weighted by atomic mass is 9.86. The third kappa shape index (κ3) is 9.00. The minimum atomic E-state index is -1.95. The van der Waals surface area contributed by atoms with Gasteiger partial charge < -0.3 is 46.1 Å². The molecule has 0 fully saturated rings. The largest absolute Gasteiger partial charge is 0.458 e. The number of nitrogens with two attached hydrogens (primary N) is 1. The fraction of sp³-hybridized carbons (Fsp3) is 0.525. The number of carbonyl (C=O) groups is 5. The van der Waals surface area contributed by atoms with E-state index in [0.29, 0.717) is 48.3 Å². The molecule has 4 atom stereocenters. The Balaban J connectivity index is 1.13. The zero-order valence-corrected chi connectivity index (χ0v) is 33.2. The second kappa shape index (κ2) is 17.9. The molecule has 0 unspecified atom stereocenters. The summed E-state index contributed by atoms with van der Waals surface area (Å²) in [6.07, 6.45) is 1.92. The smallest absolute Gasteiger partial charge is 0.343 e. The zero-order valence-electron chi connectivity index (χ0n) is 33.2. The normalized spacial score (nSPS) is 17.2. The van der Waals surface area contributed by atoms with E-state index in [9.17, 15) is 33.9 Å². The zero-order chi connectivity index (χ0) is 41.8. The van der Waals surface area contributed by atoms with Gasteiger partial charge in [0, 0.05) is 42.7 Å². The number of hydrogen-bond donors (Lipinski definition) is 6. The molecule has 0 aliphatic carbocycles. The van der Waals surface area contributed by atoms with Gasteiger partial charge in [-0.05, 0) is 75.1 Å². The van der Waals surface area contributed by atoms with Gasteiger partial charge in [0.05, 0.1) is 35.1 Å². The number of unbranched alkanes of at least 4 members (excludes halogenated alkanes) is 1. The van der Waals surface area contributed by atoms with E-state index in [4.69, 9.17) is 20.2 Å². The number of fused-ring (bicyclic) bond motifs is 5. The molecule has 0 saturated carbocycles. The standard InChI is InChI=1S/C40H52FN7O9/c1-7-40(55)27-15-31-34-23(17-48(31)38(53)26(27)18-57-39(40)54)14-25-24(21(4)28(41)16-30(25)46-34)10-8-9-13-56-19-44-35(50)22(5)45-37(52)33(20(2)3)47-36(51)29(42)11-12-32(49)43-6/h14-16,20,22,29,33,55H,7-13,17-19,42H2,1-6H3,(H,43,49)(H,44,50)(H,45,52)(H,47,51)/t22-,29-,33-,40-/m0/s1. The average molecular weight is 794 g/mol. The van der Waals surface area contributed by atoms with Crippen molar-refractivity contribution in [3.05, 3.63) is 62.2 Å². The molecule has 4 amide bonds. The fourth-order valence-electron chi connectivity index (χ4n) is 7.14. The Morgan fingerprint density at radius 1 is 1.09 bits per heavy atom. The maximum Gasteiger partial charge on any atom is 0.343 e. The number of rotatable bonds is 17. The first kappa shape index (κ1) is 42.9. The van der Waals surface area contributed by atoms with E-state index in [1.165, 1.54) is 24.6 Å². The molecule has 0 radical (unpaired) electrons. The van der Waals surface area contributed by atoms with Crippen molar-refractivity contribution >= 4 is 40.5 Å². The number of aryl methyl sites for hydroxylation is 1. The van der Waals surface area contributed by atoms with Crippen LogP contribution in [0.5, 0.6) is 0 Å². The van der Waals surface area contributed by atoms with E-state index < -0.39 is 53.2 Å². The predicted octanol–water partition coefficient (Wildman–Crippen LogP) is 1.44. The van der Waals surface area contributed by atoms with Crippen LogP contribution in [0.2, 0.25) is 0 Å². The number of carbonyl (C=O) groups excluding carboxylic acids is 5. The van der Waals surface area contributed by atoms with Crippen LogP contribution in [0.1, 0.15) is 87.6 Å². The van der Waals surface area contributed by atoms with Crippen molar-refractivity contribution in [2.75, 3.05) is 20.4 Å². The first-order valence-corrected chi connectivity index (χ1v) is 19.2. The summed E-state index contributed by atoms with van der Waals surface area (Å²) < 4.78 is 27.6. The van der Waals surface area contributed by atoms with Crippen LogP contribution in [0.25, 0.3) is 22.3 Å². The molecule has 0 bridgehead atoms. The summed E-state index contributed by atoms with van der Waals surface area (Å²) in [5, 5.41) is 22.2. The number of hydrogen-bond acceptors (Lipinski definition) is 11. The fourth-order valence-corrected chi connectivity index (χ4v) is 7.14. The van der Waals surface area contributed by atoms with Crippen molar-refractivity contribution in [2.45, 2.75) is 110 Å². The number of aromatic nitrogens is 2. The average Bonchev–Trinajstić information content (AvgIpc) is 3.54. The third-order valence-corrected chi connectivity index (χ3v) is 10.8. The third-order valence-electron chi connectivity index (χ3n) is 10.8. The van der Waals surface area contributed by atoms with E-state index in [1.54, 1.807) is 33.8 Å².